The Morgan fingerprint density at radius 3 is 2.88 bits per heavy atom. The van der Waals surface area contributed by atoms with Gasteiger partial charge in [0.2, 0.25) is 5.95 Å². The lowest BCUT2D eigenvalue weighted by atomic mass is 10.1. The Morgan fingerprint density at radius 2 is 2.10 bits per heavy atom. The molecule has 0 spiro atoms. The number of rotatable bonds is 8. The summed E-state index contributed by atoms with van der Waals surface area (Å²) < 4.78 is 29.3. The van der Waals surface area contributed by atoms with E-state index >= 15 is 4.39 Å². The molecule has 2 fully saturated rings. The van der Waals surface area contributed by atoms with Gasteiger partial charge in [-0.3, -0.25) is 9.78 Å². The van der Waals surface area contributed by atoms with Crippen molar-refractivity contribution in [2.45, 2.75) is 53.7 Å². The maximum Gasteiger partial charge on any atom is 0.280 e. The summed E-state index contributed by atoms with van der Waals surface area (Å²) >= 11 is 6.89. The number of thioether (sulfide) groups is 1. The number of imidazole rings is 1. The first-order chi connectivity index (χ1) is 19.6. The number of nitrogen functional groups attached to an aromatic ring is 2. The second-order valence-electron chi connectivity index (χ2n) is 9.56. The lowest BCUT2D eigenvalue weighted by Gasteiger charge is -2.28. The van der Waals surface area contributed by atoms with Gasteiger partial charge in [-0.05, 0) is 18.2 Å². The fraction of sp³-hybridized carbons (Fsp3) is 0.550. The minimum atomic E-state index is -3.56. The number of alkyl halides is 1. The van der Waals surface area contributed by atoms with Crippen molar-refractivity contribution in [2.24, 2.45) is 0 Å². The van der Waals surface area contributed by atoms with Gasteiger partial charge in [-0.25, -0.2) is 19.3 Å². The number of hydrogen-bond donors (Lipinski definition) is 6. The van der Waals surface area contributed by atoms with Crippen molar-refractivity contribution in [3.63, 3.8) is 0 Å². The van der Waals surface area contributed by atoms with Crippen LogP contribution < -0.4 is 17.0 Å². The zero-order valence-corrected chi connectivity index (χ0v) is 23.5. The van der Waals surface area contributed by atoms with Gasteiger partial charge in [0.1, 0.15) is 12.4 Å². The summed E-state index contributed by atoms with van der Waals surface area (Å²) in [6.45, 7) is -3.90. The van der Waals surface area contributed by atoms with E-state index in [2.05, 4.69) is 35.2 Å². The Kier molecular flexibility index (Phi) is 7.43. The first kappa shape index (κ1) is 28.3. The number of H-pyrrole nitrogens is 1. The zero-order chi connectivity index (χ0) is 29.1. The van der Waals surface area contributed by atoms with Crippen molar-refractivity contribution in [3.8, 4) is 0 Å². The van der Waals surface area contributed by atoms with E-state index in [1.807, 2.05) is 0 Å². The lowest BCUT2D eigenvalue weighted by molar-refractivity contribution is -0.0369. The van der Waals surface area contributed by atoms with E-state index in [1.165, 1.54) is 24.4 Å². The van der Waals surface area contributed by atoms with Crippen LogP contribution in [0.5, 0.6) is 0 Å². The van der Waals surface area contributed by atoms with Crippen LogP contribution in [0.1, 0.15) is 24.4 Å². The van der Waals surface area contributed by atoms with Gasteiger partial charge >= 0.3 is 0 Å². The summed E-state index contributed by atoms with van der Waals surface area (Å²) in [5, 5.41) is 27.3. The van der Waals surface area contributed by atoms with E-state index in [-0.39, 0.29) is 59.0 Å². The highest BCUT2D eigenvalue weighted by Gasteiger charge is 2.48. The number of aromatic nitrogens is 9. The van der Waals surface area contributed by atoms with Gasteiger partial charge in [0.15, 0.2) is 47.0 Å². The van der Waals surface area contributed by atoms with Crippen LogP contribution in [-0.4, -0.2) is 102 Å². The third-order valence-electron chi connectivity index (χ3n) is 7.02. The minimum Gasteiger partial charge on any atom is -0.395 e. The van der Waals surface area contributed by atoms with Crippen LogP contribution in [-0.2, 0) is 21.1 Å². The van der Waals surface area contributed by atoms with Gasteiger partial charge in [0.25, 0.3) is 5.56 Å². The Labute approximate surface area is 238 Å². The van der Waals surface area contributed by atoms with Crippen molar-refractivity contribution in [1.29, 1.82) is 0 Å². The smallest absolute Gasteiger partial charge is 0.280 e. The maximum atomic E-state index is 15.1. The molecule has 41 heavy (non-hydrogen) atoms. The topological polar surface area (TPSA) is 251 Å². The maximum absolute atomic E-state index is 15.1. The highest BCUT2D eigenvalue weighted by atomic mass is 32.5. The molecule has 6 heterocycles. The number of aromatic amines is 1. The lowest BCUT2D eigenvalue weighted by Crippen LogP contribution is -2.29. The SMILES string of the molecule is Nc1nc2c(ncn2[C@@H]2S[C@H](CO)C[C@H]2P(O)(=S)OCC[C@H]2O[C@@H](n3nnc4c(N)ncnc43)[C@@H](F)[C@@H]2O)c(=O)[nH]1. The third-order valence-corrected chi connectivity index (χ3v) is 11.8. The fourth-order valence-electron chi connectivity index (χ4n) is 5.01. The van der Waals surface area contributed by atoms with Crippen LogP contribution in [0.25, 0.3) is 22.3 Å². The number of halogens is 1. The molecule has 0 aliphatic carbocycles. The van der Waals surface area contributed by atoms with E-state index in [0.29, 0.717) is 6.42 Å². The molecule has 8 N–H and O–H groups in total. The quantitative estimate of drug-likeness (QED) is 0.130. The van der Waals surface area contributed by atoms with E-state index in [9.17, 15) is 19.9 Å². The molecule has 1 unspecified atom stereocenters. The summed E-state index contributed by atoms with van der Waals surface area (Å²) in [6.07, 6.45) is -2.83. The number of anilines is 2. The molecular formula is C20H25FN11O6PS2. The molecule has 21 heteroatoms. The molecule has 4 aromatic heterocycles. The van der Waals surface area contributed by atoms with Crippen molar-refractivity contribution >= 4 is 64.2 Å². The summed E-state index contributed by atoms with van der Waals surface area (Å²) in [6, 6.07) is 0. The monoisotopic (exact) mass is 629 g/mol. The number of nitrogens with zero attached hydrogens (tertiary/aromatic N) is 8. The van der Waals surface area contributed by atoms with Gasteiger partial charge in [-0.2, -0.15) is 9.67 Å². The molecule has 0 amide bonds. The zero-order valence-electron chi connectivity index (χ0n) is 21.0. The summed E-state index contributed by atoms with van der Waals surface area (Å²) in [5.74, 6) is -0.0352. The number of hydrogen-bond acceptors (Lipinski definition) is 15. The van der Waals surface area contributed by atoms with Gasteiger partial charge < -0.3 is 40.4 Å². The highest BCUT2D eigenvalue weighted by molar-refractivity contribution is 8.10. The van der Waals surface area contributed by atoms with E-state index in [1.54, 1.807) is 4.57 Å². The van der Waals surface area contributed by atoms with Crippen molar-refractivity contribution in [1.82, 2.24) is 44.5 Å². The van der Waals surface area contributed by atoms with Crippen LogP contribution in [0.3, 0.4) is 0 Å². The summed E-state index contributed by atoms with van der Waals surface area (Å²) in [7, 11) is 0. The Morgan fingerprint density at radius 1 is 1.29 bits per heavy atom. The molecule has 0 bridgehead atoms. The Bertz CT molecular complexity index is 1710. The number of nitrogens with two attached hydrogens (primary N) is 2. The third kappa shape index (κ3) is 4.97. The van der Waals surface area contributed by atoms with Crippen molar-refractivity contribution in [3.05, 3.63) is 23.0 Å². The molecule has 6 rings (SSSR count). The van der Waals surface area contributed by atoms with Gasteiger partial charge in [0, 0.05) is 11.7 Å². The molecule has 2 aliphatic heterocycles. The minimum absolute atomic E-state index is 0.00375. The second-order valence-corrected chi connectivity index (χ2v) is 14.6. The number of fused-ring (bicyclic) bond motifs is 2. The van der Waals surface area contributed by atoms with Gasteiger partial charge in [-0.1, -0.05) is 5.21 Å². The average molecular weight is 630 g/mol. The predicted octanol–water partition coefficient (Wildman–Crippen LogP) is -0.811. The molecule has 17 nitrogen and oxygen atoms in total. The van der Waals surface area contributed by atoms with Crippen molar-refractivity contribution < 1.29 is 28.8 Å². The average Bonchev–Trinajstić information content (AvgIpc) is 3.70. The van der Waals surface area contributed by atoms with Crippen LogP contribution in [0.15, 0.2) is 17.4 Å². The van der Waals surface area contributed by atoms with Crippen LogP contribution in [0, 0.1) is 0 Å². The highest BCUT2D eigenvalue weighted by Crippen LogP contribution is 2.61. The van der Waals surface area contributed by atoms with Gasteiger partial charge in [0.05, 0.1) is 36.7 Å². The normalized spacial score (nSPS) is 29.9. The molecule has 2 saturated heterocycles. The first-order valence-corrected chi connectivity index (χ1v) is 16.0. The molecule has 4 aromatic rings. The van der Waals surface area contributed by atoms with E-state index < -0.39 is 47.7 Å². The molecule has 0 radical (unpaired) electrons. The number of ether oxygens (including phenoxy) is 1. The molecule has 220 valence electrons. The van der Waals surface area contributed by atoms with E-state index in [0.717, 1.165) is 4.68 Å². The second kappa shape index (κ2) is 10.8. The van der Waals surface area contributed by atoms with E-state index in [4.69, 9.17) is 32.5 Å². The van der Waals surface area contributed by atoms with Crippen LogP contribution in [0.2, 0.25) is 0 Å². The summed E-state index contributed by atoms with van der Waals surface area (Å²) in [5.41, 5.74) is 10.9. The first-order valence-electron chi connectivity index (χ1n) is 12.3. The molecular weight excluding hydrogens is 604 g/mol. The summed E-state index contributed by atoms with van der Waals surface area (Å²) in [4.78, 5) is 42.2. The number of nitrogens with one attached hydrogen (secondary N) is 1. The Hall–Kier alpha value is -2.84. The number of aliphatic hydroxyl groups excluding tert-OH is 2. The van der Waals surface area contributed by atoms with Crippen LogP contribution >= 0.6 is 18.3 Å². The molecule has 0 saturated carbocycles. The molecule has 0 aromatic carbocycles. The van der Waals surface area contributed by atoms with Crippen LogP contribution in [0.4, 0.5) is 16.2 Å². The standard InChI is InChI=1S/C20H25FN11O6PS2/c21-10-13(34)8(38-18(10)32-15-11(29-30-32)14(22)24-5-25-15)1-2-37-39(36,40)9-3-7(4-33)41-19(9)31-6-26-12-16(31)27-20(23)28-17(12)35/h5-10,13,18-19,33-34H,1-4H2,(H,36,40)(H2,22,24,25)(H3,23,27,28,35)/t7-,8+,9+,10-,13+,18+,19+,39?/m0/s1. The van der Waals surface area contributed by atoms with Gasteiger partial charge in [-0.15, -0.1) is 16.9 Å². The Balaban J connectivity index is 1.16. The predicted molar refractivity (Wildman–Crippen MR) is 148 cm³/mol. The molecule has 8 atom stereocenters. The largest absolute Gasteiger partial charge is 0.395 e. The molecule has 2 aliphatic rings. The number of aliphatic hydroxyl groups is 2. The van der Waals surface area contributed by atoms with Crippen molar-refractivity contribution in [2.75, 3.05) is 24.7 Å². The fourth-order valence-corrected chi connectivity index (χ4v) is 9.84.